The summed E-state index contributed by atoms with van der Waals surface area (Å²) in [6.45, 7) is 16.4. The Balaban J connectivity index is 0.000000182. The number of anilines is 6. The lowest BCUT2D eigenvalue weighted by molar-refractivity contribution is -0.156. The predicted molar refractivity (Wildman–Crippen MR) is 283 cm³/mol. The summed E-state index contributed by atoms with van der Waals surface area (Å²) in [4.78, 5) is 34.8. The maximum absolute atomic E-state index is 11.5. The fraction of sp³-hybridized carbons (Fsp3) is 0.500. The Morgan fingerprint density at radius 2 is 1.41 bits per heavy atom. The van der Waals surface area contributed by atoms with E-state index in [1.807, 2.05) is 63.2 Å². The SMILES string of the molecule is CC(C)(C)OC(=O)CC1CCNCC1.C[C@@H]1CN(c2ccc(C#N)c3ncccc23)C[C@H](CNC2CCN(c3ccnc(N)c3)CC2)O1.Nc1cc(Cl)ccn1.Nc1cc(N2CCC(N)CC2)ccn1. The van der Waals surface area contributed by atoms with Gasteiger partial charge in [-0.1, -0.05) is 11.6 Å². The van der Waals surface area contributed by atoms with Crippen LogP contribution in [0, 0.1) is 17.2 Å². The van der Waals surface area contributed by atoms with E-state index in [9.17, 15) is 10.1 Å². The molecule has 9 rings (SSSR count). The molecule has 0 unspecified atom stereocenters. The molecule has 70 heavy (non-hydrogen) atoms. The zero-order chi connectivity index (χ0) is 50.0. The van der Waals surface area contributed by atoms with Crippen molar-refractivity contribution in [2.45, 2.75) is 103 Å². The maximum atomic E-state index is 11.5. The molecule has 8 heterocycles. The molecule has 0 radical (unpaired) electrons. The molecule has 0 saturated carbocycles. The molecule has 18 heteroatoms. The lowest BCUT2D eigenvalue weighted by Gasteiger charge is -2.40. The van der Waals surface area contributed by atoms with Crippen LogP contribution in [0.3, 0.4) is 0 Å². The van der Waals surface area contributed by atoms with Crippen LogP contribution in [0.25, 0.3) is 10.9 Å². The summed E-state index contributed by atoms with van der Waals surface area (Å²) >= 11 is 5.52. The number of rotatable bonds is 8. The highest BCUT2D eigenvalue weighted by atomic mass is 35.5. The highest BCUT2D eigenvalue weighted by Gasteiger charge is 2.29. The van der Waals surface area contributed by atoms with E-state index in [0.29, 0.717) is 52.5 Å². The average Bonchev–Trinajstić information content (AvgIpc) is 3.33. The molecule has 0 bridgehead atoms. The minimum Gasteiger partial charge on any atom is -0.460 e. The van der Waals surface area contributed by atoms with Gasteiger partial charge in [-0.3, -0.25) is 9.78 Å². The van der Waals surface area contributed by atoms with Gasteiger partial charge in [0.05, 0.1) is 23.3 Å². The molecule has 0 amide bonds. The molecule has 10 N–H and O–H groups in total. The lowest BCUT2D eigenvalue weighted by Crippen LogP contribution is -2.52. The standard InChI is InChI=1S/C26H31N7O.C11H21NO2.C10H16N4.C5H5ClN2/c1-18-16-33(24-5-4-19(14-27)26-23(24)3-2-9-30-26)17-22(34-18)15-31-20-7-11-32(12-8-20)21-6-10-29-25(28)13-21;1-11(2,3)14-10(13)8-9-4-6-12-7-5-9;11-8-2-5-14(6-3-8)9-1-4-13-10(12)7-9;6-4-1-2-8-5(7)3-4/h2-6,9-10,13,18,20,22,31H,7-8,11-12,15-17H2,1H3,(H2,28,29);9,12H,4-8H2,1-3H3;1,4,7-8H,2-3,5-6,11H2,(H2,12,13);1-3H,(H2,7,8)/t18-,22+;;;/m1.../s1. The van der Waals surface area contributed by atoms with E-state index in [1.165, 1.54) is 0 Å². The first-order valence-electron chi connectivity index (χ1n) is 24.5. The Morgan fingerprint density at radius 1 is 0.814 bits per heavy atom. The molecule has 376 valence electrons. The number of piperidine rings is 3. The molecule has 0 aliphatic carbocycles. The van der Waals surface area contributed by atoms with E-state index >= 15 is 0 Å². The number of ether oxygens (including phenoxy) is 2. The van der Waals surface area contributed by atoms with Crippen LogP contribution in [0.4, 0.5) is 34.5 Å². The van der Waals surface area contributed by atoms with E-state index < -0.39 is 0 Å². The predicted octanol–water partition coefficient (Wildman–Crippen LogP) is 6.56. The van der Waals surface area contributed by atoms with Gasteiger partial charge in [0.25, 0.3) is 0 Å². The fourth-order valence-electron chi connectivity index (χ4n) is 9.07. The Morgan fingerprint density at radius 3 is 1.97 bits per heavy atom. The molecule has 17 nitrogen and oxygen atoms in total. The van der Waals surface area contributed by atoms with Gasteiger partial charge in [0.1, 0.15) is 29.1 Å². The van der Waals surface area contributed by atoms with Gasteiger partial charge in [0, 0.05) is 129 Å². The van der Waals surface area contributed by atoms with Crippen molar-refractivity contribution < 1.29 is 14.3 Å². The average molecular weight is 978 g/mol. The number of carbonyl (C=O) groups excluding carboxylic acids is 1. The number of nitrogen functional groups attached to an aromatic ring is 3. The number of benzene rings is 1. The van der Waals surface area contributed by atoms with Crippen LogP contribution < -0.4 is 48.3 Å². The van der Waals surface area contributed by atoms with Crippen LogP contribution in [-0.2, 0) is 14.3 Å². The molecular formula is C52H73ClN14O3. The molecule has 4 fully saturated rings. The van der Waals surface area contributed by atoms with Gasteiger partial charge in [-0.05, 0) is 134 Å². The number of nitrogens with one attached hydrogen (secondary N) is 2. The number of pyridine rings is 4. The third kappa shape index (κ3) is 17.1. The van der Waals surface area contributed by atoms with Crippen molar-refractivity contribution in [3.63, 3.8) is 0 Å². The number of morpholine rings is 1. The van der Waals surface area contributed by atoms with Crippen LogP contribution in [0.15, 0.2) is 85.5 Å². The highest BCUT2D eigenvalue weighted by molar-refractivity contribution is 6.30. The van der Waals surface area contributed by atoms with Crippen molar-refractivity contribution in [2.24, 2.45) is 11.7 Å². The molecule has 4 aromatic heterocycles. The first-order valence-corrected chi connectivity index (χ1v) is 24.9. The molecule has 5 aromatic rings. The lowest BCUT2D eigenvalue weighted by atomic mass is 9.95. The fourth-order valence-corrected chi connectivity index (χ4v) is 9.24. The second kappa shape index (κ2) is 26.3. The van der Waals surface area contributed by atoms with Crippen LogP contribution in [0.2, 0.25) is 5.02 Å². The monoisotopic (exact) mass is 977 g/mol. The van der Waals surface area contributed by atoms with Gasteiger partial charge in [0.15, 0.2) is 0 Å². The Hall–Kier alpha value is -6.03. The topological polar surface area (TPSA) is 249 Å². The second-order valence-corrected chi connectivity index (χ2v) is 19.8. The largest absolute Gasteiger partial charge is 0.460 e. The number of hydrogen-bond acceptors (Lipinski definition) is 17. The van der Waals surface area contributed by atoms with Crippen LogP contribution >= 0.6 is 11.6 Å². The number of esters is 1. The van der Waals surface area contributed by atoms with Gasteiger partial charge < -0.3 is 57.7 Å². The van der Waals surface area contributed by atoms with Gasteiger partial charge in [-0.15, -0.1) is 0 Å². The van der Waals surface area contributed by atoms with Gasteiger partial charge >= 0.3 is 5.97 Å². The highest BCUT2D eigenvalue weighted by Crippen LogP contribution is 2.31. The number of halogens is 1. The molecule has 4 aliphatic rings. The normalized spacial score (nSPS) is 19.1. The van der Waals surface area contributed by atoms with Crippen molar-refractivity contribution in [3.8, 4) is 6.07 Å². The van der Waals surface area contributed by atoms with Crippen molar-refractivity contribution in [2.75, 3.05) is 90.8 Å². The molecule has 0 spiro atoms. The zero-order valence-electron chi connectivity index (χ0n) is 41.3. The Kier molecular flexibility index (Phi) is 20.0. The van der Waals surface area contributed by atoms with Crippen LogP contribution in [0.5, 0.6) is 0 Å². The van der Waals surface area contributed by atoms with E-state index in [1.54, 1.807) is 36.9 Å². The molecule has 2 atom stereocenters. The quantitative estimate of drug-likeness (QED) is 0.0901. The minimum atomic E-state index is -0.343. The maximum Gasteiger partial charge on any atom is 0.306 e. The number of carbonyl (C=O) groups is 1. The number of nitrogens with two attached hydrogens (primary N) is 4. The van der Waals surface area contributed by atoms with Gasteiger partial charge in [-0.25, -0.2) is 15.0 Å². The van der Waals surface area contributed by atoms with Crippen molar-refractivity contribution in [1.82, 2.24) is 30.6 Å². The van der Waals surface area contributed by atoms with Crippen molar-refractivity contribution in [1.29, 1.82) is 5.26 Å². The van der Waals surface area contributed by atoms with Gasteiger partial charge in [0.2, 0.25) is 0 Å². The second-order valence-electron chi connectivity index (χ2n) is 19.4. The van der Waals surface area contributed by atoms with Gasteiger partial charge in [-0.2, -0.15) is 5.26 Å². The summed E-state index contributed by atoms with van der Waals surface area (Å²) in [6, 6.07) is 22.2. The first kappa shape index (κ1) is 53.3. The van der Waals surface area contributed by atoms with E-state index in [4.69, 9.17) is 44.0 Å². The van der Waals surface area contributed by atoms with E-state index in [-0.39, 0.29) is 23.8 Å². The number of fused-ring (bicyclic) bond motifs is 1. The van der Waals surface area contributed by atoms with Crippen LogP contribution in [0.1, 0.15) is 78.2 Å². The number of nitriles is 1. The van der Waals surface area contributed by atoms with E-state index in [2.05, 4.69) is 64.3 Å². The third-order valence-corrected chi connectivity index (χ3v) is 12.8. The molecular weight excluding hydrogens is 904 g/mol. The minimum absolute atomic E-state index is 0.0515. The smallest absolute Gasteiger partial charge is 0.306 e. The zero-order valence-corrected chi connectivity index (χ0v) is 42.0. The number of nitrogens with zero attached hydrogens (tertiary/aromatic N) is 8. The summed E-state index contributed by atoms with van der Waals surface area (Å²) in [7, 11) is 0. The number of aromatic nitrogens is 4. The molecule has 1 aromatic carbocycles. The van der Waals surface area contributed by atoms with Crippen LogP contribution in [-0.4, -0.2) is 115 Å². The van der Waals surface area contributed by atoms with Crippen molar-refractivity contribution >= 4 is 63.0 Å². The van der Waals surface area contributed by atoms with E-state index in [0.717, 1.165) is 125 Å². The van der Waals surface area contributed by atoms with Crippen molar-refractivity contribution in [3.05, 3.63) is 96.0 Å². The summed E-state index contributed by atoms with van der Waals surface area (Å²) < 4.78 is 11.6. The summed E-state index contributed by atoms with van der Waals surface area (Å²) in [5.74, 6) is 2.07. The summed E-state index contributed by atoms with van der Waals surface area (Å²) in [6.07, 6.45) is 14.1. The Bertz CT molecular complexity index is 2430. The third-order valence-electron chi connectivity index (χ3n) is 12.5. The number of hydrogen-bond donors (Lipinski definition) is 6. The summed E-state index contributed by atoms with van der Waals surface area (Å²) in [5.41, 5.74) is 27.0. The molecule has 4 aliphatic heterocycles. The Labute approximate surface area is 418 Å². The first-order chi connectivity index (χ1) is 33.6. The summed E-state index contributed by atoms with van der Waals surface area (Å²) in [5, 5.41) is 18.1. The molecule has 4 saturated heterocycles.